The summed E-state index contributed by atoms with van der Waals surface area (Å²) in [5, 5.41) is 10.4. The van der Waals surface area contributed by atoms with Crippen LogP contribution in [0, 0.1) is 5.82 Å². The van der Waals surface area contributed by atoms with Crippen LogP contribution < -0.4 is 5.32 Å². The van der Waals surface area contributed by atoms with E-state index in [0.717, 1.165) is 0 Å². The highest BCUT2D eigenvalue weighted by Crippen LogP contribution is 2.18. The smallest absolute Gasteiger partial charge is 0.239 e. The summed E-state index contributed by atoms with van der Waals surface area (Å²) in [6, 6.07) is 6.27. The van der Waals surface area contributed by atoms with Gasteiger partial charge in [0, 0.05) is 5.56 Å². The van der Waals surface area contributed by atoms with Crippen LogP contribution in [0.5, 0.6) is 0 Å². The monoisotopic (exact) mass is 251 g/mol. The minimum atomic E-state index is -0.354. The number of carbonyl (C=O) groups is 1. The molecule has 1 atom stereocenters. The lowest BCUT2D eigenvalue weighted by atomic mass is 10.2. The number of hydrogen-bond donors (Lipinski definition) is 1. The summed E-state index contributed by atoms with van der Waals surface area (Å²) in [6.07, 6.45) is 1.32. The lowest BCUT2D eigenvalue weighted by molar-refractivity contribution is -0.118. The van der Waals surface area contributed by atoms with Crippen molar-refractivity contribution in [1.82, 2.24) is 5.32 Å². The van der Waals surface area contributed by atoms with E-state index in [1.807, 2.05) is 0 Å². The SMILES string of the molecule is C[C@H]1S/C(=N\N=C/c2ccccc2F)NC1=O. The van der Waals surface area contributed by atoms with Gasteiger partial charge >= 0.3 is 0 Å². The Morgan fingerprint density at radius 3 is 2.88 bits per heavy atom. The molecule has 1 aromatic carbocycles. The van der Waals surface area contributed by atoms with Gasteiger partial charge in [0.05, 0.1) is 11.5 Å². The quantitative estimate of drug-likeness (QED) is 0.643. The number of halogens is 1. The van der Waals surface area contributed by atoms with Crippen molar-refractivity contribution in [3.8, 4) is 0 Å². The van der Waals surface area contributed by atoms with Crippen LogP contribution in [0.4, 0.5) is 4.39 Å². The van der Waals surface area contributed by atoms with Gasteiger partial charge in [-0.05, 0) is 13.0 Å². The molecule has 2 rings (SSSR count). The number of amides is 1. The Morgan fingerprint density at radius 2 is 2.24 bits per heavy atom. The van der Waals surface area contributed by atoms with Gasteiger partial charge in [0.1, 0.15) is 5.82 Å². The summed E-state index contributed by atoms with van der Waals surface area (Å²) in [4.78, 5) is 11.1. The molecule has 88 valence electrons. The molecule has 1 saturated heterocycles. The Morgan fingerprint density at radius 1 is 1.47 bits per heavy atom. The van der Waals surface area contributed by atoms with E-state index in [-0.39, 0.29) is 17.0 Å². The topological polar surface area (TPSA) is 53.8 Å². The number of carbonyl (C=O) groups excluding carboxylic acids is 1. The van der Waals surface area contributed by atoms with Gasteiger partial charge in [-0.1, -0.05) is 30.0 Å². The largest absolute Gasteiger partial charge is 0.303 e. The minimum absolute atomic E-state index is 0.0881. The van der Waals surface area contributed by atoms with E-state index in [9.17, 15) is 9.18 Å². The van der Waals surface area contributed by atoms with Crippen LogP contribution in [0.25, 0.3) is 0 Å². The maximum Gasteiger partial charge on any atom is 0.239 e. The van der Waals surface area contributed by atoms with Gasteiger partial charge < -0.3 is 5.32 Å². The zero-order valence-corrected chi connectivity index (χ0v) is 9.87. The first-order valence-corrected chi connectivity index (χ1v) is 5.88. The standard InChI is InChI=1S/C11H10FN3OS/c1-7-10(16)14-11(17-7)15-13-6-8-4-2-3-5-9(8)12/h2-7H,1H3,(H,14,15,16)/b13-6-/t7-/m1/s1. The lowest BCUT2D eigenvalue weighted by Crippen LogP contribution is -2.23. The van der Waals surface area contributed by atoms with E-state index in [2.05, 4.69) is 15.5 Å². The van der Waals surface area contributed by atoms with Crippen molar-refractivity contribution in [3.63, 3.8) is 0 Å². The van der Waals surface area contributed by atoms with E-state index in [4.69, 9.17) is 0 Å². The Kier molecular flexibility index (Phi) is 3.53. The summed E-state index contributed by atoms with van der Waals surface area (Å²) >= 11 is 1.29. The third-order valence-corrected chi connectivity index (χ3v) is 3.11. The average molecular weight is 251 g/mol. The van der Waals surface area contributed by atoms with Crippen molar-refractivity contribution in [2.45, 2.75) is 12.2 Å². The molecule has 1 aromatic rings. The normalized spacial score (nSPS) is 22.4. The van der Waals surface area contributed by atoms with Crippen LogP contribution >= 0.6 is 11.8 Å². The van der Waals surface area contributed by atoms with Gasteiger partial charge in [0.25, 0.3) is 0 Å². The molecule has 0 unspecified atom stereocenters. The fraction of sp³-hybridized carbons (Fsp3) is 0.182. The number of benzene rings is 1. The first kappa shape index (κ1) is 11.8. The molecule has 1 aliphatic heterocycles. The van der Waals surface area contributed by atoms with Gasteiger partial charge in [0.2, 0.25) is 5.91 Å². The van der Waals surface area contributed by atoms with Crippen LogP contribution in [0.2, 0.25) is 0 Å². The summed E-state index contributed by atoms with van der Waals surface area (Å²) in [7, 11) is 0. The molecule has 1 fully saturated rings. The minimum Gasteiger partial charge on any atom is -0.303 e. The van der Waals surface area contributed by atoms with Gasteiger partial charge in [-0.3, -0.25) is 4.79 Å². The second-order valence-electron chi connectivity index (χ2n) is 3.42. The number of thioether (sulfide) groups is 1. The fourth-order valence-electron chi connectivity index (χ4n) is 1.23. The van der Waals surface area contributed by atoms with Crippen LogP contribution in [0.3, 0.4) is 0 Å². The molecule has 1 aliphatic rings. The molecule has 4 nitrogen and oxygen atoms in total. The third kappa shape index (κ3) is 2.91. The third-order valence-electron chi connectivity index (χ3n) is 2.14. The molecular weight excluding hydrogens is 241 g/mol. The van der Waals surface area contributed by atoms with Crippen LogP contribution in [0.15, 0.2) is 34.5 Å². The highest BCUT2D eigenvalue weighted by molar-refractivity contribution is 8.15. The zero-order chi connectivity index (χ0) is 12.3. The van der Waals surface area contributed by atoms with Crippen molar-refractivity contribution >= 4 is 29.1 Å². The number of amidine groups is 1. The van der Waals surface area contributed by atoms with Gasteiger partial charge in [-0.2, -0.15) is 5.10 Å². The Hall–Kier alpha value is -1.69. The summed E-state index contributed by atoms with van der Waals surface area (Å²) in [5.41, 5.74) is 0.360. The van der Waals surface area contributed by atoms with Crippen LogP contribution in [0.1, 0.15) is 12.5 Å². The number of hydrogen-bond acceptors (Lipinski definition) is 4. The predicted molar refractivity (Wildman–Crippen MR) is 66.6 cm³/mol. The van der Waals surface area contributed by atoms with Crippen molar-refractivity contribution in [2.24, 2.45) is 10.2 Å². The van der Waals surface area contributed by atoms with Crippen molar-refractivity contribution < 1.29 is 9.18 Å². The van der Waals surface area contributed by atoms with E-state index in [1.54, 1.807) is 25.1 Å². The first-order chi connectivity index (χ1) is 8.16. The highest BCUT2D eigenvalue weighted by Gasteiger charge is 2.25. The molecule has 0 radical (unpaired) electrons. The zero-order valence-electron chi connectivity index (χ0n) is 9.05. The van der Waals surface area contributed by atoms with Crippen LogP contribution in [-0.4, -0.2) is 22.5 Å². The van der Waals surface area contributed by atoms with E-state index < -0.39 is 0 Å². The molecule has 1 heterocycles. The Labute approximate surface area is 102 Å². The Balaban J connectivity index is 2.06. The molecule has 1 N–H and O–H groups in total. The van der Waals surface area contributed by atoms with Gasteiger partial charge in [-0.25, -0.2) is 4.39 Å². The maximum atomic E-state index is 13.2. The molecule has 0 spiro atoms. The second kappa shape index (κ2) is 5.09. The van der Waals surface area contributed by atoms with Crippen molar-refractivity contribution in [3.05, 3.63) is 35.6 Å². The maximum absolute atomic E-state index is 13.2. The Bertz CT molecular complexity index is 501. The second-order valence-corrected chi connectivity index (χ2v) is 4.75. The first-order valence-electron chi connectivity index (χ1n) is 5.00. The van der Waals surface area contributed by atoms with E-state index in [0.29, 0.717) is 10.7 Å². The fourth-order valence-corrected chi connectivity index (χ4v) is 1.98. The highest BCUT2D eigenvalue weighted by atomic mass is 32.2. The summed E-state index contributed by atoms with van der Waals surface area (Å²) in [5.74, 6) is -0.442. The van der Waals surface area contributed by atoms with E-state index >= 15 is 0 Å². The van der Waals surface area contributed by atoms with E-state index in [1.165, 1.54) is 24.0 Å². The van der Waals surface area contributed by atoms with Crippen LogP contribution in [-0.2, 0) is 4.79 Å². The number of nitrogens with one attached hydrogen (secondary N) is 1. The van der Waals surface area contributed by atoms with Gasteiger partial charge in [0.15, 0.2) is 5.17 Å². The molecular formula is C11H10FN3OS. The lowest BCUT2D eigenvalue weighted by Gasteiger charge is -1.93. The number of rotatable bonds is 2. The molecule has 0 bridgehead atoms. The number of nitrogens with zero attached hydrogens (tertiary/aromatic N) is 2. The van der Waals surface area contributed by atoms with Gasteiger partial charge in [-0.15, -0.1) is 5.10 Å². The molecule has 17 heavy (non-hydrogen) atoms. The summed E-state index contributed by atoms with van der Waals surface area (Å²) in [6.45, 7) is 1.78. The molecule has 1 amide bonds. The van der Waals surface area contributed by atoms with Crippen molar-refractivity contribution in [2.75, 3.05) is 0 Å². The predicted octanol–water partition coefficient (Wildman–Crippen LogP) is 1.77. The molecule has 0 saturated carbocycles. The molecule has 0 aromatic heterocycles. The average Bonchev–Trinajstić information content (AvgIpc) is 2.61. The molecule has 6 heteroatoms. The summed E-state index contributed by atoms with van der Waals surface area (Å²) < 4.78 is 13.2. The molecule has 0 aliphatic carbocycles. The van der Waals surface area contributed by atoms with Crippen molar-refractivity contribution in [1.29, 1.82) is 0 Å².